The van der Waals surface area contributed by atoms with Gasteiger partial charge < -0.3 is 25.6 Å². The number of urea groups is 1. The van der Waals surface area contributed by atoms with Gasteiger partial charge in [-0.1, -0.05) is 28.9 Å². The number of aromatic nitrogens is 2. The van der Waals surface area contributed by atoms with Crippen molar-refractivity contribution >= 4 is 29.3 Å². The van der Waals surface area contributed by atoms with Gasteiger partial charge in [-0.2, -0.15) is 4.98 Å². The van der Waals surface area contributed by atoms with Crippen LogP contribution in [0, 0.1) is 5.82 Å². The predicted octanol–water partition coefficient (Wildman–Crippen LogP) is 3.37. The Balaban J connectivity index is 1.74. The van der Waals surface area contributed by atoms with Crippen molar-refractivity contribution in [1.29, 1.82) is 0 Å². The van der Waals surface area contributed by atoms with Gasteiger partial charge in [0.2, 0.25) is 0 Å². The molecule has 0 bridgehead atoms. The molecule has 1 atom stereocenters. The lowest BCUT2D eigenvalue weighted by Crippen LogP contribution is -2.34. The summed E-state index contributed by atoms with van der Waals surface area (Å²) in [5.41, 5.74) is 1.34. The number of aliphatic hydroxyl groups is 1. The average Bonchev–Trinajstić information content (AvgIpc) is 3.18. The van der Waals surface area contributed by atoms with E-state index in [-0.39, 0.29) is 25.0 Å². The molecule has 0 unspecified atom stereocenters. The lowest BCUT2D eigenvalue weighted by atomic mass is 10.1. The standard InChI is InChI=1S/C19H19ClFN5O3/c20-13-3-1-12(2-4-13)11-16(17-25-19(29-26-17)22-9-10-27)24-18(28)23-15-7-5-14(21)6-8-15/h1-8,16,27H,9-11H2,(H,22,25,26)(H2,23,24,28)/t16-/m0/s1. The first-order valence-electron chi connectivity index (χ1n) is 8.79. The fraction of sp³-hybridized carbons (Fsp3) is 0.211. The Hall–Kier alpha value is -3.17. The summed E-state index contributed by atoms with van der Waals surface area (Å²) in [5, 5.41) is 21.6. The van der Waals surface area contributed by atoms with E-state index in [2.05, 4.69) is 26.1 Å². The van der Waals surface area contributed by atoms with E-state index in [1.807, 2.05) is 12.1 Å². The number of anilines is 2. The topological polar surface area (TPSA) is 112 Å². The Morgan fingerprint density at radius 3 is 2.59 bits per heavy atom. The number of hydrogen-bond acceptors (Lipinski definition) is 6. The van der Waals surface area contributed by atoms with E-state index in [4.69, 9.17) is 21.2 Å². The maximum absolute atomic E-state index is 13.0. The molecule has 0 aliphatic rings. The van der Waals surface area contributed by atoms with Crippen molar-refractivity contribution in [2.24, 2.45) is 0 Å². The quantitative estimate of drug-likeness (QED) is 0.445. The second-order valence-corrected chi connectivity index (χ2v) is 6.53. The molecule has 0 aliphatic carbocycles. The van der Waals surface area contributed by atoms with Crippen LogP contribution in [0.25, 0.3) is 0 Å². The molecular weight excluding hydrogens is 401 g/mol. The number of carbonyl (C=O) groups excluding carboxylic acids is 1. The zero-order valence-electron chi connectivity index (χ0n) is 15.2. The summed E-state index contributed by atoms with van der Waals surface area (Å²) < 4.78 is 18.1. The summed E-state index contributed by atoms with van der Waals surface area (Å²) >= 11 is 5.93. The van der Waals surface area contributed by atoms with E-state index in [1.165, 1.54) is 24.3 Å². The number of amides is 2. The monoisotopic (exact) mass is 419 g/mol. The Morgan fingerprint density at radius 1 is 1.17 bits per heavy atom. The van der Waals surface area contributed by atoms with Crippen LogP contribution < -0.4 is 16.0 Å². The first-order chi connectivity index (χ1) is 14.0. The molecule has 0 radical (unpaired) electrons. The van der Waals surface area contributed by atoms with E-state index < -0.39 is 17.9 Å². The van der Waals surface area contributed by atoms with Gasteiger partial charge in [-0.15, -0.1) is 0 Å². The van der Waals surface area contributed by atoms with Gasteiger partial charge in [-0.3, -0.25) is 0 Å². The number of hydrogen-bond donors (Lipinski definition) is 4. The summed E-state index contributed by atoms with van der Waals surface area (Å²) in [6.07, 6.45) is 0.382. The molecule has 8 nitrogen and oxygen atoms in total. The Labute approximate surface area is 171 Å². The van der Waals surface area contributed by atoms with Crippen molar-refractivity contribution in [1.82, 2.24) is 15.5 Å². The minimum Gasteiger partial charge on any atom is -0.395 e. The van der Waals surface area contributed by atoms with Crippen LogP contribution in [-0.2, 0) is 6.42 Å². The Morgan fingerprint density at radius 2 is 1.90 bits per heavy atom. The lowest BCUT2D eigenvalue weighted by molar-refractivity contribution is 0.247. The van der Waals surface area contributed by atoms with E-state index in [0.717, 1.165) is 5.56 Å². The van der Waals surface area contributed by atoms with Crippen molar-refractivity contribution in [2.75, 3.05) is 23.8 Å². The number of benzene rings is 2. The molecule has 10 heteroatoms. The third kappa shape index (κ3) is 6.16. The van der Waals surface area contributed by atoms with Gasteiger partial charge in [0, 0.05) is 23.7 Å². The van der Waals surface area contributed by atoms with Crippen molar-refractivity contribution < 1.29 is 18.8 Å². The molecule has 0 aliphatic heterocycles. The number of rotatable bonds is 8. The van der Waals surface area contributed by atoms with E-state index in [9.17, 15) is 9.18 Å². The SMILES string of the molecule is O=C(Nc1ccc(F)cc1)N[C@@H](Cc1ccc(Cl)cc1)c1noc(NCCO)n1. The van der Waals surface area contributed by atoms with Gasteiger partial charge >= 0.3 is 12.0 Å². The van der Waals surface area contributed by atoms with Crippen LogP contribution in [0.15, 0.2) is 53.1 Å². The first-order valence-corrected chi connectivity index (χ1v) is 9.17. The van der Waals surface area contributed by atoms with Crippen molar-refractivity contribution in [2.45, 2.75) is 12.5 Å². The molecule has 2 amide bonds. The summed E-state index contributed by atoms with van der Waals surface area (Å²) in [6.45, 7) is 0.159. The molecule has 29 heavy (non-hydrogen) atoms. The minimum absolute atomic E-state index is 0.0930. The first kappa shape index (κ1) is 20.6. The zero-order valence-corrected chi connectivity index (χ0v) is 16.0. The van der Waals surface area contributed by atoms with E-state index >= 15 is 0 Å². The van der Waals surface area contributed by atoms with Gasteiger partial charge in [0.1, 0.15) is 5.82 Å². The average molecular weight is 420 g/mol. The summed E-state index contributed by atoms with van der Waals surface area (Å²) in [6, 6.07) is 11.6. The second-order valence-electron chi connectivity index (χ2n) is 6.10. The molecule has 0 saturated heterocycles. The molecule has 3 aromatic rings. The predicted molar refractivity (Wildman–Crippen MR) is 106 cm³/mol. The van der Waals surface area contributed by atoms with Crippen LogP contribution in [-0.4, -0.2) is 34.4 Å². The van der Waals surface area contributed by atoms with Crippen LogP contribution in [0.4, 0.5) is 20.9 Å². The number of carbonyl (C=O) groups is 1. The normalized spacial score (nSPS) is 11.7. The smallest absolute Gasteiger partial charge is 0.321 e. The highest BCUT2D eigenvalue weighted by molar-refractivity contribution is 6.30. The third-order valence-electron chi connectivity index (χ3n) is 3.90. The van der Waals surface area contributed by atoms with Gasteiger partial charge in [-0.05, 0) is 42.0 Å². The lowest BCUT2D eigenvalue weighted by Gasteiger charge is -2.16. The van der Waals surface area contributed by atoms with Crippen LogP contribution in [0.2, 0.25) is 5.02 Å². The highest BCUT2D eigenvalue weighted by atomic mass is 35.5. The highest BCUT2D eigenvalue weighted by Crippen LogP contribution is 2.20. The summed E-state index contributed by atoms with van der Waals surface area (Å²) in [5.74, 6) is -0.138. The molecule has 1 aromatic heterocycles. The van der Waals surface area contributed by atoms with Crippen molar-refractivity contribution in [3.8, 4) is 0 Å². The van der Waals surface area contributed by atoms with Gasteiger partial charge in [0.25, 0.3) is 0 Å². The van der Waals surface area contributed by atoms with Crippen molar-refractivity contribution in [3.63, 3.8) is 0 Å². The molecule has 152 valence electrons. The molecule has 2 aromatic carbocycles. The van der Waals surface area contributed by atoms with Gasteiger partial charge in [-0.25, -0.2) is 9.18 Å². The number of aliphatic hydroxyl groups excluding tert-OH is 1. The molecular formula is C19H19ClFN5O3. The van der Waals surface area contributed by atoms with E-state index in [1.54, 1.807) is 12.1 Å². The number of nitrogens with zero attached hydrogens (tertiary/aromatic N) is 2. The fourth-order valence-electron chi connectivity index (χ4n) is 2.53. The minimum atomic E-state index is -0.606. The Bertz CT molecular complexity index is 934. The third-order valence-corrected chi connectivity index (χ3v) is 4.15. The van der Waals surface area contributed by atoms with Gasteiger partial charge in [0.05, 0.1) is 12.6 Å². The molecule has 4 N–H and O–H groups in total. The van der Waals surface area contributed by atoms with Crippen LogP contribution in [0.3, 0.4) is 0 Å². The summed E-state index contributed by atoms with van der Waals surface area (Å²) in [7, 11) is 0. The number of nitrogens with one attached hydrogen (secondary N) is 3. The number of halogens is 2. The molecule has 1 heterocycles. The maximum atomic E-state index is 13.0. The fourth-order valence-corrected chi connectivity index (χ4v) is 2.66. The Kier molecular flexibility index (Phi) is 6.99. The molecule has 3 rings (SSSR count). The summed E-state index contributed by atoms with van der Waals surface area (Å²) in [4.78, 5) is 16.6. The molecule has 0 fully saturated rings. The maximum Gasteiger partial charge on any atom is 0.321 e. The van der Waals surface area contributed by atoms with Gasteiger partial charge in [0.15, 0.2) is 5.82 Å². The van der Waals surface area contributed by atoms with Crippen LogP contribution >= 0.6 is 11.6 Å². The van der Waals surface area contributed by atoms with Crippen LogP contribution in [0.1, 0.15) is 17.4 Å². The van der Waals surface area contributed by atoms with Crippen molar-refractivity contribution in [3.05, 3.63) is 70.8 Å². The zero-order chi connectivity index (χ0) is 20.6. The molecule has 0 spiro atoms. The van der Waals surface area contributed by atoms with E-state index in [0.29, 0.717) is 17.1 Å². The largest absolute Gasteiger partial charge is 0.395 e. The highest BCUT2D eigenvalue weighted by Gasteiger charge is 2.21. The molecule has 0 saturated carbocycles. The van der Waals surface area contributed by atoms with Crippen LogP contribution in [0.5, 0.6) is 0 Å². The second kappa shape index (κ2) is 9.85.